The molecule has 2 rings (SSSR count). The van der Waals surface area contributed by atoms with E-state index in [0.29, 0.717) is 6.04 Å². The van der Waals surface area contributed by atoms with Gasteiger partial charge in [0.2, 0.25) is 0 Å². The van der Waals surface area contributed by atoms with Crippen LogP contribution in [-0.4, -0.2) is 31.1 Å². The van der Waals surface area contributed by atoms with Crippen molar-refractivity contribution in [2.24, 2.45) is 11.7 Å². The first-order valence-corrected chi connectivity index (χ1v) is 6.72. The molecular weight excluding hydrogens is 208 g/mol. The second-order valence-electron chi connectivity index (χ2n) is 5.45. The Bertz CT molecular complexity index is 319. The van der Waals surface area contributed by atoms with Gasteiger partial charge in [0.1, 0.15) is 0 Å². The highest BCUT2D eigenvalue weighted by Gasteiger charge is 2.23. The predicted molar refractivity (Wildman–Crippen MR) is 73.0 cm³/mol. The molecule has 1 aliphatic carbocycles. The van der Waals surface area contributed by atoms with Gasteiger partial charge < -0.3 is 10.6 Å². The summed E-state index contributed by atoms with van der Waals surface area (Å²) in [6.07, 6.45) is 5.02. The fourth-order valence-electron chi connectivity index (χ4n) is 2.30. The number of aryl methyl sites for hydroxylation is 1. The minimum Gasteiger partial charge on any atom is -0.327 e. The topological polar surface area (TPSA) is 29.3 Å². The van der Waals surface area contributed by atoms with Crippen LogP contribution in [0.15, 0.2) is 30.3 Å². The van der Waals surface area contributed by atoms with Gasteiger partial charge in [0.25, 0.3) is 0 Å². The van der Waals surface area contributed by atoms with Gasteiger partial charge in [0.15, 0.2) is 0 Å². The molecule has 0 saturated heterocycles. The highest BCUT2D eigenvalue weighted by molar-refractivity contribution is 5.14. The SMILES string of the molecule is CN(CC(N)CCc1ccccc1)CC1CC1. The Hall–Kier alpha value is -0.860. The molecule has 0 amide bonds. The van der Waals surface area contributed by atoms with Crippen LogP contribution in [0.4, 0.5) is 0 Å². The van der Waals surface area contributed by atoms with Gasteiger partial charge in [-0.2, -0.15) is 0 Å². The third kappa shape index (κ3) is 4.88. The van der Waals surface area contributed by atoms with Crippen LogP contribution >= 0.6 is 0 Å². The van der Waals surface area contributed by atoms with Crippen LogP contribution in [0, 0.1) is 5.92 Å². The van der Waals surface area contributed by atoms with Crippen LogP contribution in [0.2, 0.25) is 0 Å². The standard InChI is InChI=1S/C15H24N2/c1-17(11-14-7-8-14)12-15(16)10-9-13-5-3-2-4-6-13/h2-6,14-15H,7-12,16H2,1H3. The van der Waals surface area contributed by atoms with Crippen molar-refractivity contribution in [2.75, 3.05) is 20.1 Å². The predicted octanol–water partition coefficient (Wildman–Crippen LogP) is 2.29. The highest BCUT2D eigenvalue weighted by atomic mass is 15.1. The summed E-state index contributed by atoms with van der Waals surface area (Å²) in [5.74, 6) is 0.960. The molecular formula is C15H24N2. The van der Waals surface area contributed by atoms with Gasteiger partial charge in [-0.3, -0.25) is 0 Å². The molecule has 1 atom stereocenters. The molecule has 2 nitrogen and oxygen atoms in total. The van der Waals surface area contributed by atoms with Crippen molar-refractivity contribution in [3.63, 3.8) is 0 Å². The summed E-state index contributed by atoms with van der Waals surface area (Å²) in [4.78, 5) is 2.40. The largest absolute Gasteiger partial charge is 0.327 e. The van der Waals surface area contributed by atoms with E-state index in [4.69, 9.17) is 5.73 Å². The minimum absolute atomic E-state index is 0.305. The van der Waals surface area contributed by atoms with Crippen molar-refractivity contribution in [1.29, 1.82) is 0 Å². The van der Waals surface area contributed by atoms with Crippen LogP contribution in [0.5, 0.6) is 0 Å². The Labute approximate surface area is 105 Å². The molecule has 1 aliphatic rings. The third-order valence-corrected chi connectivity index (χ3v) is 3.46. The van der Waals surface area contributed by atoms with Gasteiger partial charge in [0, 0.05) is 19.1 Å². The maximum Gasteiger partial charge on any atom is 0.0170 e. The zero-order valence-corrected chi connectivity index (χ0v) is 10.8. The number of nitrogens with zero attached hydrogens (tertiary/aromatic N) is 1. The van der Waals surface area contributed by atoms with Gasteiger partial charge in [-0.1, -0.05) is 30.3 Å². The summed E-state index contributed by atoms with van der Waals surface area (Å²) in [5, 5.41) is 0. The maximum absolute atomic E-state index is 6.18. The summed E-state index contributed by atoms with van der Waals surface area (Å²) < 4.78 is 0. The zero-order valence-electron chi connectivity index (χ0n) is 10.8. The molecule has 0 spiro atoms. The summed E-state index contributed by atoms with van der Waals surface area (Å²) in [7, 11) is 2.20. The van der Waals surface area contributed by atoms with Crippen molar-refractivity contribution in [3.05, 3.63) is 35.9 Å². The molecule has 2 N–H and O–H groups in total. The lowest BCUT2D eigenvalue weighted by atomic mass is 10.1. The second kappa shape index (κ2) is 6.18. The Morgan fingerprint density at radius 2 is 2.00 bits per heavy atom. The summed E-state index contributed by atoms with van der Waals surface area (Å²) in [6.45, 7) is 2.27. The van der Waals surface area contributed by atoms with Crippen LogP contribution in [0.25, 0.3) is 0 Å². The van der Waals surface area contributed by atoms with E-state index in [2.05, 4.69) is 42.3 Å². The van der Waals surface area contributed by atoms with E-state index in [1.165, 1.54) is 24.9 Å². The molecule has 94 valence electrons. The van der Waals surface area contributed by atoms with Gasteiger partial charge >= 0.3 is 0 Å². The van der Waals surface area contributed by atoms with E-state index >= 15 is 0 Å². The van der Waals surface area contributed by atoms with Crippen molar-refractivity contribution in [3.8, 4) is 0 Å². The average Bonchev–Trinajstić information content (AvgIpc) is 3.11. The first kappa shape index (κ1) is 12.6. The summed E-state index contributed by atoms with van der Waals surface area (Å²) >= 11 is 0. The van der Waals surface area contributed by atoms with Crippen LogP contribution in [-0.2, 0) is 6.42 Å². The lowest BCUT2D eigenvalue weighted by Crippen LogP contribution is -2.36. The lowest BCUT2D eigenvalue weighted by molar-refractivity contribution is 0.293. The van der Waals surface area contributed by atoms with Crippen molar-refractivity contribution >= 4 is 0 Å². The number of nitrogens with two attached hydrogens (primary N) is 1. The van der Waals surface area contributed by atoms with Crippen molar-refractivity contribution < 1.29 is 0 Å². The minimum atomic E-state index is 0.305. The fraction of sp³-hybridized carbons (Fsp3) is 0.600. The molecule has 0 heterocycles. The summed E-state index contributed by atoms with van der Waals surface area (Å²) in [6, 6.07) is 10.9. The third-order valence-electron chi connectivity index (χ3n) is 3.46. The lowest BCUT2D eigenvalue weighted by Gasteiger charge is -2.21. The Morgan fingerprint density at radius 3 is 2.65 bits per heavy atom. The van der Waals surface area contributed by atoms with Crippen LogP contribution in [0.1, 0.15) is 24.8 Å². The highest BCUT2D eigenvalue weighted by Crippen LogP contribution is 2.29. The average molecular weight is 232 g/mol. The van der Waals surface area contributed by atoms with Crippen LogP contribution < -0.4 is 5.73 Å². The van der Waals surface area contributed by atoms with Gasteiger partial charge in [0.05, 0.1) is 0 Å². The Balaban J connectivity index is 1.64. The number of benzene rings is 1. The molecule has 17 heavy (non-hydrogen) atoms. The van der Waals surface area contributed by atoms with Gasteiger partial charge in [-0.25, -0.2) is 0 Å². The molecule has 0 bridgehead atoms. The molecule has 0 aliphatic heterocycles. The van der Waals surface area contributed by atoms with Gasteiger partial charge in [-0.05, 0) is 44.2 Å². The van der Waals surface area contributed by atoms with Crippen LogP contribution in [0.3, 0.4) is 0 Å². The van der Waals surface area contributed by atoms with Crippen molar-refractivity contribution in [1.82, 2.24) is 4.90 Å². The quantitative estimate of drug-likeness (QED) is 0.781. The Morgan fingerprint density at radius 1 is 1.29 bits per heavy atom. The van der Waals surface area contributed by atoms with E-state index in [9.17, 15) is 0 Å². The number of rotatable bonds is 7. The maximum atomic E-state index is 6.18. The smallest absolute Gasteiger partial charge is 0.0170 e. The number of hydrogen-bond donors (Lipinski definition) is 1. The molecule has 1 saturated carbocycles. The van der Waals surface area contributed by atoms with E-state index in [1.54, 1.807) is 0 Å². The molecule has 0 aromatic heterocycles. The fourth-order valence-corrected chi connectivity index (χ4v) is 2.30. The van der Waals surface area contributed by atoms with Gasteiger partial charge in [-0.15, -0.1) is 0 Å². The molecule has 1 unspecified atom stereocenters. The molecule has 1 fully saturated rings. The zero-order chi connectivity index (χ0) is 12.1. The monoisotopic (exact) mass is 232 g/mol. The Kier molecular flexibility index (Phi) is 4.57. The van der Waals surface area contributed by atoms with E-state index in [1.807, 2.05) is 0 Å². The normalized spacial score (nSPS) is 17.4. The number of hydrogen-bond acceptors (Lipinski definition) is 2. The molecule has 2 heteroatoms. The van der Waals surface area contributed by atoms with E-state index < -0.39 is 0 Å². The first-order chi connectivity index (χ1) is 8.24. The molecule has 1 aromatic rings. The summed E-state index contributed by atoms with van der Waals surface area (Å²) in [5.41, 5.74) is 7.57. The number of likely N-dealkylation sites (N-methyl/N-ethyl adjacent to an activating group) is 1. The molecule has 0 radical (unpaired) electrons. The molecule has 1 aromatic carbocycles. The first-order valence-electron chi connectivity index (χ1n) is 6.72. The van der Waals surface area contributed by atoms with E-state index in [0.717, 1.165) is 25.3 Å². The van der Waals surface area contributed by atoms with Crippen molar-refractivity contribution in [2.45, 2.75) is 31.7 Å². The van der Waals surface area contributed by atoms with E-state index in [-0.39, 0.29) is 0 Å². The second-order valence-corrected chi connectivity index (χ2v) is 5.45.